The van der Waals surface area contributed by atoms with E-state index in [0.29, 0.717) is 24.8 Å². The molecular weight excluding hydrogens is 206 g/mol. The molecule has 1 aromatic rings. The Bertz CT molecular complexity index is 379. The molecule has 2 unspecified atom stereocenters. The van der Waals surface area contributed by atoms with E-state index in [-0.39, 0.29) is 0 Å². The Labute approximate surface area is 95.6 Å². The van der Waals surface area contributed by atoms with E-state index >= 15 is 0 Å². The van der Waals surface area contributed by atoms with Crippen LogP contribution < -0.4 is 4.74 Å². The molecule has 0 aromatic carbocycles. The van der Waals surface area contributed by atoms with Crippen molar-refractivity contribution in [3.8, 4) is 5.75 Å². The number of ether oxygens (including phenoxy) is 1. The third-order valence-corrected chi connectivity index (χ3v) is 3.46. The zero-order valence-electron chi connectivity index (χ0n) is 10.3. The molecule has 1 N–H and O–H groups in total. The fourth-order valence-corrected chi connectivity index (χ4v) is 2.55. The molecule has 0 radical (unpaired) electrons. The van der Waals surface area contributed by atoms with Gasteiger partial charge in [0.05, 0.1) is 13.3 Å². The number of hydrogen-bond donors (Lipinski definition) is 1. The van der Waals surface area contributed by atoms with Crippen LogP contribution >= 0.6 is 0 Å². The lowest BCUT2D eigenvalue weighted by Crippen LogP contribution is -2.32. The standard InChI is InChI=1S/C11H19N3O2/c1-8-5-11(15,7-13(8)2)10-9(16-4)6-12-14(10)3/h6,8,15H,5,7H2,1-4H3. The van der Waals surface area contributed by atoms with E-state index in [4.69, 9.17) is 4.74 Å². The van der Waals surface area contributed by atoms with Crippen molar-refractivity contribution in [2.45, 2.75) is 25.0 Å². The highest BCUT2D eigenvalue weighted by Gasteiger charge is 2.44. The van der Waals surface area contributed by atoms with Gasteiger partial charge in [0.15, 0.2) is 5.75 Å². The van der Waals surface area contributed by atoms with Crippen LogP contribution in [0.25, 0.3) is 0 Å². The Morgan fingerprint density at radius 3 is 2.75 bits per heavy atom. The minimum Gasteiger partial charge on any atom is -0.493 e. The van der Waals surface area contributed by atoms with E-state index < -0.39 is 5.60 Å². The summed E-state index contributed by atoms with van der Waals surface area (Å²) < 4.78 is 6.95. The summed E-state index contributed by atoms with van der Waals surface area (Å²) in [5.74, 6) is 0.660. The van der Waals surface area contributed by atoms with Crippen molar-refractivity contribution in [3.63, 3.8) is 0 Å². The molecule has 0 bridgehead atoms. The molecular formula is C11H19N3O2. The number of β-amino-alcohol motifs (C(OH)–C–C–N with tert-alkyl or cyclic N) is 1. The first kappa shape index (κ1) is 11.4. The third kappa shape index (κ3) is 1.60. The minimum absolute atomic E-state index is 0.365. The molecule has 1 fully saturated rings. The fraction of sp³-hybridized carbons (Fsp3) is 0.727. The Balaban J connectivity index is 2.40. The number of likely N-dealkylation sites (tertiary alicyclic amines) is 1. The summed E-state index contributed by atoms with van der Waals surface area (Å²) in [5.41, 5.74) is -0.0868. The minimum atomic E-state index is -0.856. The number of nitrogens with zero attached hydrogens (tertiary/aromatic N) is 3. The van der Waals surface area contributed by atoms with E-state index in [0.717, 1.165) is 5.69 Å². The Morgan fingerprint density at radius 1 is 1.56 bits per heavy atom. The van der Waals surface area contributed by atoms with Crippen LogP contribution in [-0.4, -0.2) is 46.5 Å². The van der Waals surface area contributed by atoms with Gasteiger partial charge in [0, 0.05) is 19.6 Å². The van der Waals surface area contributed by atoms with Crippen LogP contribution in [0.1, 0.15) is 19.0 Å². The molecule has 2 rings (SSSR count). The molecule has 16 heavy (non-hydrogen) atoms. The zero-order chi connectivity index (χ0) is 11.9. The number of methoxy groups -OCH3 is 1. The first-order chi connectivity index (χ1) is 7.48. The summed E-state index contributed by atoms with van der Waals surface area (Å²) in [6.07, 6.45) is 2.36. The maximum Gasteiger partial charge on any atom is 0.162 e. The van der Waals surface area contributed by atoms with Gasteiger partial charge in [-0.05, 0) is 20.4 Å². The molecule has 90 valence electrons. The van der Waals surface area contributed by atoms with E-state index in [2.05, 4.69) is 16.9 Å². The summed E-state index contributed by atoms with van der Waals surface area (Å²) in [6.45, 7) is 2.73. The predicted octanol–water partition coefficient (Wildman–Crippen LogP) is 0.340. The van der Waals surface area contributed by atoms with Crippen molar-refractivity contribution in [3.05, 3.63) is 11.9 Å². The van der Waals surface area contributed by atoms with Crippen molar-refractivity contribution in [2.24, 2.45) is 7.05 Å². The SMILES string of the molecule is COc1cnn(C)c1C1(O)CC(C)N(C)C1. The van der Waals surface area contributed by atoms with E-state index in [9.17, 15) is 5.11 Å². The van der Waals surface area contributed by atoms with Gasteiger partial charge < -0.3 is 14.7 Å². The summed E-state index contributed by atoms with van der Waals surface area (Å²) in [7, 11) is 5.45. The average Bonchev–Trinajstić information content (AvgIpc) is 2.69. The monoisotopic (exact) mass is 225 g/mol. The van der Waals surface area contributed by atoms with Gasteiger partial charge in [-0.3, -0.25) is 4.68 Å². The molecule has 0 saturated carbocycles. The van der Waals surface area contributed by atoms with Crippen LogP contribution in [0.15, 0.2) is 6.20 Å². The number of rotatable bonds is 2. The average molecular weight is 225 g/mol. The van der Waals surface area contributed by atoms with Crippen LogP contribution in [0.2, 0.25) is 0 Å². The summed E-state index contributed by atoms with van der Waals surface area (Å²) in [6, 6.07) is 0.365. The highest BCUT2D eigenvalue weighted by Crippen LogP contribution is 2.38. The van der Waals surface area contributed by atoms with Gasteiger partial charge in [-0.1, -0.05) is 0 Å². The van der Waals surface area contributed by atoms with E-state index in [1.165, 1.54) is 0 Å². The summed E-state index contributed by atoms with van der Waals surface area (Å²) >= 11 is 0. The van der Waals surface area contributed by atoms with Gasteiger partial charge in [0.1, 0.15) is 11.3 Å². The second-order valence-corrected chi connectivity index (χ2v) is 4.69. The molecule has 2 heterocycles. The Morgan fingerprint density at radius 2 is 2.25 bits per heavy atom. The molecule has 1 aromatic heterocycles. The normalized spacial score (nSPS) is 30.9. The molecule has 0 amide bonds. The molecule has 1 aliphatic rings. The highest BCUT2D eigenvalue weighted by atomic mass is 16.5. The number of hydrogen-bond acceptors (Lipinski definition) is 4. The lowest BCUT2D eigenvalue weighted by atomic mass is 9.96. The van der Waals surface area contributed by atoms with Crippen molar-refractivity contribution in [2.75, 3.05) is 20.7 Å². The molecule has 0 spiro atoms. The lowest BCUT2D eigenvalue weighted by Gasteiger charge is -2.23. The number of aliphatic hydroxyl groups is 1. The summed E-state index contributed by atoms with van der Waals surface area (Å²) in [4.78, 5) is 2.15. The highest BCUT2D eigenvalue weighted by molar-refractivity contribution is 5.32. The van der Waals surface area contributed by atoms with E-state index in [1.54, 1.807) is 18.0 Å². The van der Waals surface area contributed by atoms with Crippen molar-refractivity contribution in [1.82, 2.24) is 14.7 Å². The van der Waals surface area contributed by atoms with Gasteiger partial charge in [-0.15, -0.1) is 0 Å². The van der Waals surface area contributed by atoms with Crippen molar-refractivity contribution in [1.29, 1.82) is 0 Å². The third-order valence-electron chi connectivity index (χ3n) is 3.46. The van der Waals surface area contributed by atoms with Gasteiger partial charge >= 0.3 is 0 Å². The molecule has 5 heteroatoms. The first-order valence-electron chi connectivity index (χ1n) is 5.47. The lowest BCUT2D eigenvalue weighted by molar-refractivity contribution is 0.0378. The van der Waals surface area contributed by atoms with Crippen LogP contribution in [0.4, 0.5) is 0 Å². The predicted molar refractivity (Wildman–Crippen MR) is 60.4 cm³/mol. The summed E-state index contributed by atoms with van der Waals surface area (Å²) in [5, 5.41) is 14.8. The maximum atomic E-state index is 10.7. The number of aromatic nitrogens is 2. The van der Waals surface area contributed by atoms with Crippen LogP contribution in [-0.2, 0) is 12.6 Å². The van der Waals surface area contributed by atoms with Crippen LogP contribution in [0, 0.1) is 0 Å². The van der Waals surface area contributed by atoms with E-state index in [1.807, 2.05) is 14.1 Å². The number of aryl methyl sites for hydroxylation is 1. The number of likely N-dealkylation sites (N-methyl/N-ethyl adjacent to an activating group) is 1. The Kier molecular flexibility index (Phi) is 2.67. The molecule has 0 aliphatic carbocycles. The first-order valence-corrected chi connectivity index (χ1v) is 5.47. The Hall–Kier alpha value is -1.07. The second kappa shape index (κ2) is 3.75. The maximum absolute atomic E-state index is 10.7. The van der Waals surface area contributed by atoms with Crippen LogP contribution in [0.3, 0.4) is 0 Å². The molecule has 2 atom stereocenters. The van der Waals surface area contributed by atoms with Gasteiger partial charge in [-0.2, -0.15) is 5.10 Å². The quantitative estimate of drug-likeness (QED) is 0.788. The van der Waals surface area contributed by atoms with Crippen LogP contribution in [0.5, 0.6) is 5.75 Å². The largest absolute Gasteiger partial charge is 0.493 e. The fourth-order valence-electron chi connectivity index (χ4n) is 2.55. The smallest absolute Gasteiger partial charge is 0.162 e. The van der Waals surface area contributed by atoms with Crippen molar-refractivity contribution >= 4 is 0 Å². The molecule has 1 aliphatic heterocycles. The van der Waals surface area contributed by atoms with Gasteiger partial charge in [0.2, 0.25) is 0 Å². The topological polar surface area (TPSA) is 50.5 Å². The van der Waals surface area contributed by atoms with Gasteiger partial charge in [-0.25, -0.2) is 0 Å². The zero-order valence-corrected chi connectivity index (χ0v) is 10.3. The molecule has 1 saturated heterocycles. The molecule has 5 nitrogen and oxygen atoms in total. The second-order valence-electron chi connectivity index (χ2n) is 4.69. The van der Waals surface area contributed by atoms with Crippen molar-refractivity contribution < 1.29 is 9.84 Å². The van der Waals surface area contributed by atoms with Gasteiger partial charge in [0.25, 0.3) is 0 Å².